The highest BCUT2D eigenvalue weighted by atomic mass is 16.2. The minimum absolute atomic E-state index is 0.138. The first kappa shape index (κ1) is 12.6. The zero-order valence-corrected chi connectivity index (χ0v) is 12.1. The lowest BCUT2D eigenvalue weighted by Gasteiger charge is -2.30. The molecule has 3 aromatic rings. The molecule has 108 valence electrons. The number of fused-ring (bicyclic) bond motifs is 2. The summed E-state index contributed by atoms with van der Waals surface area (Å²) in [5.41, 5.74) is 5.87. The van der Waals surface area contributed by atoms with E-state index >= 15 is 0 Å². The van der Waals surface area contributed by atoms with Crippen molar-refractivity contribution in [2.45, 2.75) is 0 Å². The Hall–Kier alpha value is -3.08. The zero-order valence-electron chi connectivity index (χ0n) is 12.1. The van der Waals surface area contributed by atoms with Gasteiger partial charge in [0.15, 0.2) is 0 Å². The lowest BCUT2D eigenvalue weighted by molar-refractivity contribution is 0.0973. The van der Waals surface area contributed by atoms with Gasteiger partial charge in [0, 0.05) is 24.1 Å². The number of aromatic nitrogens is 2. The molecule has 0 radical (unpaired) electrons. The highest BCUT2D eigenvalue weighted by Gasteiger charge is 2.30. The maximum atomic E-state index is 12.8. The van der Waals surface area contributed by atoms with E-state index in [1.807, 2.05) is 41.9 Å². The molecule has 0 saturated heterocycles. The van der Waals surface area contributed by atoms with Crippen LogP contribution in [-0.2, 0) is 7.05 Å². The maximum absolute atomic E-state index is 12.8. The average molecular weight is 290 g/mol. The number of hydrogen-bond acceptors (Lipinski definition) is 3. The standard InChI is InChI=1S/C17H14N4O/c1-11-16-13(7-5-9-18-16)17(22)21(19-11)15-10-12-6-3-4-8-14(12)20(15)2/h3-10,19H,1H2,2H3. The van der Waals surface area contributed by atoms with Crippen molar-refractivity contribution in [2.75, 3.05) is 5.01 Å². The first-order valence-corrected chi connectivity index (χ1v) is 6.96. The molecule has 2 aromatic heterocycles. The number of hydrogen-bond donors (Lipinski definition) is 1. The molecular weight excluding hydrogens is 276 g/mol. The fourth-order valence-corrected chi connectivity index (χ4v) is 2.83. The van der Waals surface area contributed by atoms with Gasteiger partial charge in [-0.15, -0.1) is 0 Å². The van der Waals surface area contributed by atoms with Gasteiger partial charge in [-0.25, -0.2) is 5.01 Å². The van der Waals surface area contributed by atoms with Crippen molar-refractivity contribution < 1.29 is 4.79 Å². The number of amides is 1. The Bertz CT molecular complexity index is 925. The monoisotopic (exact) mass is 290 g/mol. The number of hydrazine groups is 1. The SMILES string of the molecule is C=C1NN(c2cc3ccccc3n2C)C(=O)c2cccnc21. The van der Waals surface area contributed by atoms with Crippen molar-refractivity contribution in [2.24, 2.45) is 7.05 Å². The van der Waals surface area contributed by atoms with Crippen LogP contribution in [0.2, 0.25) is 0 Å². The van der Waals surface area contributed by atoms with Crippen molar-refractivity contribution in [1.29, 1.82) is 0 Å². The number of nitrogens with one attached hydrogen (secondary N) is 1. The van der Waals surface area contributed by atoms with Crippen LogP contribution in [0.4, 0.5) is 5.82 Å². The fraction of sp³-hybridized carbons (Fsp3) is 0.0588. The molecule has 0 aliphatic carbocycles. The summed E-state index contributed by atoms with van der Waals surface area (Å²) < 4.78 is 1.98. The summed E-state index contributed by atoms with van der Waals surface area (Å²) in [7, 11) is 1.94. The van der Waals surface area contributed by atoms with E-state index in [0.717, 1.165) is 16.7 Å². The number of para-hydroxylation sites is 1. The molecule has 5 heteroatoms. The molecule has 0 saturated carbocycles. The van der Waals surface area contributed by atoms with Gasteiger partial charge in [0.2, 0.25) is 0 Å². The topological polar surface area (TPSA) is 50.2 Å². The summed E-state index contributed by atoms with van der Waals surface area (Å²) in [5.74, 6) is 0.628. The van der Waals surface area contributed by atoms with Gasteiger partial charge >= 0.3 is 0 Å². The van der Waals surface area contributed by atoms with Crippen LogP contribution in [0.1, 0.15) is 16.1 Å². The number of pyridine rings is 1. The van der Waals surface area contributed by atoms with Crippen molar-refractivity contribution in [3.05, 3.63) is 66.5 Å². The van der Waals surface area contributed by atoms with Crippen LogP contribution < -0.4 is 10.4 Å². The fourth-order valence-electron chi connectivity index (χ4n) is 2.83. The number of benzene rings is 1. The normalized spacial score (nSPS) is 14.1. The third-order valence-electron chi connectivity index (χ3n) is 3.93. The lowest BCUT2D eigenvalue weighted by Crippen LogP contribution is -2.47. The van der Waals surface area contributed by atoms with Gasteiger partial charge in [0.25, 0.3) is 5.91 Å². The van der Waals surface area contributed by atoms with Crippen LogP contribution in [0.25, 0.3) is 16.6 Å². The molecule has 1 aliphatic heterocycles. The molecule has 3 heterocycles. The van der Waals surface area contributed by atoms with E-state index in [0.29, 0.717) is 17.0 Å². The predicted octanol–water partition coefficient (Wildman–Crippen LogP) is 2.71. The average Bonchev–Trinajstić information content (AvgIpc) is 2.88. The molecule has 0 atom stereocenters. The van der Waals surface area contributed by atoms with Crippen LogP contribution in [0, 0.1) is 0 Å². The third-order valence-corrected chi connectivity index (χ3v) is 3.93. The molecule has 0 fully saturated rings. The number of aryl methyl sites for hydroxylation is 1. The summed E-state index contributed by atoms with van der Waals surface area (Å²) in [6, 6.07) is 13.5. The minimum atomic E-state index is -0.138. The van der Waals surface area contributed by atoms with Crippen LogP contribution in [0.15, 0.2) is 55.2 Å². The summed E-state index contributed by atoms with van der Waals surface area (Å²) >= 11 is 0. The number of carbonyl (C=O) groups is 1. The Morgan fingerprint density at radius 2 is 2.00 bits per heavy atom. The molecule has 0 bridgehead atoms. The van der Waals surface area contributed by atoms with Crippen molar-refractivity contribution in [1.82, 2.24) is 15.0 Å². The molecule has 0 unspecified atom stereocenters. The smallest absolute Gasteiger partial charge is 0.280 e. The Kier molecular flexibility index (Phi) is 2.56. The second-order valence-electron chi connectivity index (χ2n) is 5.25. The second kappa shape index (κ2) is 4.46. The summed E-state index contributed by atoms with van der Waals surface area (Å²) in [4.78, 5) is 17.0. The van der Waals surface area contributed by atoms with Gasteiger partial charge in [0.05, 0.1) is 11.3 Å². The molecular formula is C17H14N4O. The van der Waals surface area contributed by atoms with Crippen molar-refractivity contribution in [3.63, 3.8) is 0 Å². The van der Waals surface area contributed by atoms with E-state index in [-0.39, 0.29) is 5.91 Å². The summed E-state index contributed by atoms with van der Waals surface area (Å²) in [5, 5.41) is 2.60. The zero-order chi connectivity index (χ0) is 15.3. The van der Waals surface area contributed by atoms with Crippen molar-refractivity contribution >= 4 is 28.3 Å². The van der Waals surface area contributed by atoms with Crippen molar-refractivity contribution in [3.8, 4) is 0 Å². The van der Waals surface area contributed by atoms with Gasteiger partial charge in [-0.3, -0.25) is 15.2 Å². The molecule has 0 spiro atoms. The third kappa shape index (κ3) is 1.65. The highest BCUT2D eigenvalue weighted by Crippen LogP contribution is 2.29. The number of rotatable bonds is 1. The Labute approximate surface area is 127 Å². The summed E-state index contributed by atoms with van der Waals surface area (Å²) in [6.07, 6.45) is 1.66. The van der Waals surface area contributed by atoms with Gasteiger partial charge in [-0.05, 0) is 24.3 Å². The van der Waals surface area contributed by atoms with Gasteiger partial charge < -0.3 is 4.57 Å². The van der Waals surface area contributed by atoms with Crippen LogP contribution in [0.3, 0.4) is 0 Å². The van der Waals surface area contributed by atoms with E-state index < -0.39 is 0 Å². The van der Waals surface area contributed by atoms with Gasteiger partial charge in [0.1, 0.15) is 11.5 Å². The van der Waals surface area contributed by atoms with Crippen LogP contribution in [0.5, 0.6) is 0 Å². The van der Waals surface area contributed by atoms with Crippen LogP contribution in [-0.4, -0.2) is 15.5 Å². The molecule has 5 nitrogen and oxygen atoms in total. The van der Waals surface area contributed by atoms with E-state index in [1.165, 1.54) is 5.01 Å². The second-order valence-corrected chi connectivity index (χ2v) is 5.25. The number of anilines is 1. The number of nitrogens with zero attached hydrogens (tertiary/aromatic N) is 3. The molecule has 1 amide bonds. The summed E-state index contributed by atoms with van der Waals surface area (Å²) in [6.45, 7) is 3.97. The first-order valence-electron chi connectivity index (χ1n) is 6.96. The van der Waals surface area contributed by atoms with E-state index in [2.05, 4.69) is 17.0 Å². The Balaban J connectivity index is 1.88. The molecule has 4 rings (SSSR count). The molecule has 1 aromatic carbocycles. The van der Waals surface area contributed by atoms with E-state index in [1.54, 1.807) is 18.3 Å². The highest BCUT2D eigenvalue weighted by molar-refractivity contribution is 6.11. The minimum Gasteiger partial charge on any atom is -0.329 e. The molecule has 1 N–H and O–H groups in total. The lowest BCUT2D eigenvalue weighted by atomic mass is 10.1. The molecule has 1 aliphatic rings. The predicted molar refractivity (Wildman–Crippen MR) is 86.1 cm³/mol. The number of carbonyl (C=O) groups excluding carboxylic acids is 1. The first-order chi connectivity index (χ1) is 10.7. The molecule has 22 heavy (non-hydrogen) atoms. The van der Waals surface area contributed by atoms with Gasteiger partial charge in [-0.2, -0.15) is 0 Å². The van der Waals surface area contributed by atoms with Gasteiger partial charge in [-0.1, -0.05) is 24.8 Å². The quantitative estimate of drug-likeness (QED) is 0.749. The Morgan fingerprint density at radius 1 is 1.18 bits per heavy atom. The Morgan fingerprint density at radius 3 is 2.82 bits per heavy atom. The maximum Gasteiger partial charge on any atom is 0.280 e. The largest absolute Gasteiger partial charge is 0.329 e. The van der Waals surface area contributed by atoms with Crippen LogP contribution >= 0.6 is 0 Å². The van der Waals surface area contributed by atoms with E-state index in [4.69, 9.17) is 0 Å². The van der Waals surface area contributed by atoms with E-state index in [9.17, 15) is 4.79 Å².